The lowest BCUT2D eigenvalue weighted by Crippen LogP contribution is -2.12. The highest BCUT2D eigenvalue weighted by molar-refractivity contribution is 8.00. The van der Waals surface area contributed by atoms with Crippen molar-refractivity contribution in [1.29, 1.82) is 0 Å². The molecule has 0 aliphatic heterocycles. The Bertz CT molecular complexity index is 820. The van der Waals surface area contributed by atoms with Gasteiger partial charge in [0.2, 0.25) is 0 Å². The molecule has 3 aromatic carbocycles. The average Bonchev–Trinajstić information content (AvgIpc) is 2.65. The molecule has 26 heavy (non-hydrogen) atoms. The van der Waals surface area contributed by atoms with Crippen LogP contribution in [0.1, 0.15) is 38.3 Å². The number of rotatable bonds is 7. The van der Waals surface area contributed by atoms with Crippen LogP contribution in [0.15, 0.2) is 93.5 Å². The largest absolute Gasteiger partial charge is 0.115 e. The second-order valence-electron chi connectivity index (χ2n) is 6.95. The lowest BCUT2D eigenvalue weighted by molar-refractivity contribution is 0.777. The van der Waals surface area contributed by atoms with E-state index < -0.39 is 0 Å². The summed E-state index contributed by atoms with van der Waals surface area (Å²) in [7, 11) is 0. The fraction of sp³-hybridized carbons (Fsp3) is 0.250. The number of aryl methyl sites for hydroxylation is 1. The third kappa shape index (κ3) is 5.18. The summed E-state index contributed by atoms with van der Waals surface area (Å²) < 4.78 is 0.0534. The van der Waals surface area contributed by atoms with E-state index in [0.717, 1.165) is 6.42 Å². The Morgan fingerprint density at radius 2 is 1.38 bits per heavy atom. The zero-order chi connectivity index (χ0) is 18.4. The second kappa shape index (κ2) is 8.83. The van der Waals surface area contributed by atoms with E-state index in [9.17, 15) is 0 Å². The predicted molar refractivity (Wildman–Crippen MR) is 116 cm³/mol. The van der Waals surface area contributed by atoms with Crippen molar-refractivity contribution in [3.05, 3.63) is 90.0 Å². The summed E-state index contributed by atoms with van der Waals surface area (Å²) in [5.74, 6) is 0. The lowest BCUT2D eigenvalue weighted by Gasteiger charge is -2.25. The summed E-state index contributed by atoms with van der Waals surface area (Å²) in [5, 5.41) is 0. The molecule has 134 valence electrons. The topological polar surface area (TPSA) is 0 Å². The Morgan fingerprint density at radius 3 is 2.08 bits per heavy atom. The van der Waals surface area contributed by atoms with Crippen LogP contribution in [0, 0.1) is 0 Å². The van der Waals surface area contributed by atoms with Gasteiger partial charge in [-0.25, -0.2) is 0 Å². The first-order chi connectivity index (χ1) is 12.6. The minimum atomic E-state index is 0.0534. The molecule has 0 N–H and O–H groups in total. The Kier molecular flexibility index (Phi) is 6.50. The van der Waals surface area contributed by atoms with Gasteiger partial charge >= 0.3 is 0 Å². The first-order valence-electron chi connectivity index (χ1n) is 9.18. The summed E-state index contributed by atoms with van der Waals surface area (Å²) >= 11 is 3.74. The zero-order valence-electron chi connectivity index (χ0n) is 15.7. The van der Waals surface area contributed by atoms with Gasteiger partial charge in [0.1, 0.15) is 0 Å². The lowest BCUT2D eigenvalue weighted by atomic mass is 9.98. The molecule has 0 unspecified atom stereocenters. The van der Waals surface area contributed by atoms with Gasteiger partial charge in [-0.3, -0.25) is 0 Å². The van der Waals surface area contributed by atoms with Crippen molar-refractivity contribution in [2.75, 3.05) is 0 Å². The van der Waals surface area contributed by atoms with Gasteiger partial charge in [-0.05, 0) is 67.8 Å². The van der Waals surface area contributed by atoms with Gasteiger partial charge in [0.05, 0.1) is 0 Å². The van der Waals surface area contributed by atoms with E-state index in [0.29, 0.717) is 0 Å². The van der Waals surface area contributed by atoms with E-state index in [1.165, 1.54) is 32.2 Å². The van der Waals surface area contributed by atoms with E-state index in [1.54, 1.807) is 0 Å². The average molecular weight is 379 g/mol. The highest BCUT2D eigenvalue weighted by Gasteiger charge is 2.22. The van der Waals surface area contributed by atoms with Crippen molar-refractivity contribution in [3.63, 3.8) is 0 Å². The third-order valence-corrected chi connectivity index (χ3v) is 6.61. The first-order valence-corrected chi connectivity index (χ1v) is 10.8. The quantitative estimate of drug-likeness (QED) is 0.384. The highest BCUT2D eigenvalue weighted by Crippen LogP contribution is 2.41. The van der Waals surface area contributed by atoms with Gasteiger partial charge in [-0.15, -0.1) is 11.8 Å². The zero-order valence-corrected chi connectivity index (χ0v) is 17.4. The molecule has 0 fully saturated rings. The van der Waals surface area contributed by atoms with Gasteiger partial charge < -0.3 is 0 Å². The van der Waals surface area contributed by atoms with Crippen LogP contribution in [0.4, 0.5) is 0 Å². The SMILES string of the molecule is CCCc1cccc(C(C)(C)Sc2ccc(Sc3ccccc3)cc2)c1. The molecule has 0 amide bonds. The normalized spacial score (nSPS) is 11.5. The van der Waals surface area contributed by atoms with Crippen molar-refractivity contribution in [2.24, 2.45) is 0 Å². The van der Waals surface area contributed by atoms with Crippen LogP contribution in [0.3, 0.4) is 0 Å². The highest BCUT2D eigenvalue weighted by atomic mass is 32.2. The smallest absolute Gasteiger partial charge is 0.0399 e. The molecule has 0 nitrogen and oxygen atoms in total. The fourth-order valence-electron chi connectivity index (χ4n) is 2.94. The van der Waals surface area contributed by atoms with Gasteiger partial charge in [-0.2, -0.15) is 0 Å². The summed E-state index contributed by atoms with van der Waals surface area (Å²) in [6, 6.07) is 28.5. The molecule has 0 heterocycles. The number of hydrogen-bond acceptors (Lipinski definition) is 2. The molecule has 0 bridgehead atoms. The maximum atomic E-state index is 2.37. The van der Waals surface area contributed by atoms with Gasteiger partial charge in [0.25, 0.3) is 0 Å². The summed E-state index contributed by atoms with van der Waals surface area (Å²) in [4.78, 5) is 3.87. The van der Waals surface area contributed by atoms with Crippen LogP contribution in [0.5, 0.6) is 0 Å². The molecule has 0 aliphatic rings. The standard InChI is InChI=1S/C24H26S2/c1-4-9-19-10-8-11-20(18-19)24(2,3)26-23-16-14-22(15-17-23)25-21-12-6-5-7-13-21/h5-8,10-18H,4,9H2,1-3H3. The van der Waals surface area contributed by atoms with Crippen LogP contribution < -0.4 is 0 Å². The summed E-state index contributed by atoms with van der Waals surface area (Å²) in [5.41, 5.74) is 2.84. The minimum absolute atomic E-state index is 0.0534. The van der Waals surface area contributed by atoms with Crippen LogP contribution in [0.2, 0.25) is 0 Å². The Labute approximate surface area is 166 Å². The molecule has 3 aromatic rings. The van der Waals surface area contributed by atoms with Gasteiger partial charge in [-0.1, -0.05) is 67.6 Å². The van der Waals surface area contributed by atoms with Crippen molar-refractivity contribution < 1.29 is 0 Å². The molecule has 0 aliphatic carbocycles. The molecule has 0 saturated heterocycles. The molecule has 0 atom stereocenters. The minimum Gasteiger partial charge on any atom is -0.115 e. The van der Waals surface area contributed by atoms with Crippen molar-refractivity contribution in [3.8, 4) is 0 Å². The van der Waals surface area contributed by atoms with E-state index in [4.69, 9.17) is 0 Å². The molecular weight excluding hydrogens is 352 g/mol. The first kappa shape index (κ1) is 19.1. The molecule has 2 heteroatoms. The molecule has 0 saturated carbocycles. The summed E-state index contributed by atoms with van der Waals surface area (Å²) in [6.07, 6.45) is 2.34. The number of hydrogen-bond donors (Lipinski definition) is 0. The number of thioether (sulfide) groups is 1. The van der Waals surface area contributed by atoms with Crippen LogP contribution in [-0.4, -0.2) is 0 Å². The molecular formula is C24H26S2. The monoisotopic (exact) mass is 378 g/mol. The maximum absolute atomic E-state index is 2.37. The Hall–Kier alpha value is -1.64. The van der Waals surface area contributed by atoms with Crippen molar-refractivity contribution in [2.45, 2.75) is 53.0 Å². The number of benzene rings is 3. The van der Waals surface area contributed by atoms with Gasteiger partial charge in [0.15, 0.2) is 0 Å². The molecule has 0 radical (unpaired) electrons. The maximum Gasteiger partial charge on any atom is 0.0399 e. The molecule has 0 aromatic heterocycles. The second-order valence-corrected chi connectivity index (χ2v) is 9.79. The van der Waals surface area contributed by atoms with Crippen LogP contribution in [-0.2, 0) is 11.2 Å². The van der Waals surface area contributed by atoms with E-state index >= 15 is 0 Å². The fourth-order valence-corrected chi connectivity index (χ4v) is 4.89. The van der Waals surface area contributed by atoms with E-state index in [2.05, 4.69) is 99.6 Å². The van der Waals surface area contributed by atoms with Crippen molar-refractivity contribution in [1.82, 2.24) is 0 Å². The van der Waals surface area contributed by atoms with Crippen molar-refractivity contribution >= 4 is 23.5 Å². The molecule has 3 rings (SSSR count). The Balaban J connectivity index is 1.70. The van der Waals surface area contributed by atoms with E-state index in [1.807, 2.05) is 23.5 Å². The van der Waals surface area contributed by atoms with Gasteiger partial charge in [0, 0.05) is 19.4 Å². The third-order valence-electron chi connectivity index (χ3n) is 4.34. The predicted octanol–water partition coefficient (Wildman–Crippen LogP) is 7.82. The van der Waals surface area contributed by atoms with Crippen LogP contribution in [0.25, 0.3) is 0 Å². The molecule has 0 spiro atoms. The Morgan fingerprint density at radius 1 is 0.731 bits per heavy atom. The van der Waals surface area contributed by atoms with Crippen LogP contribution >= 0.6 is 23.5 Å². The van der Waals surface area contributed by atoms with E-state index in [-0.39, 0.29) is 4.75 Å². The summed E-state index contributed by atoms with van der Waals surface area (Å²) in [6.45, 7) is 6.87.